The summed E-state index contributed by atoms with van der Waals surface area (Å²) in [6.07, 6.45) is 0.666. The number of carbonyl (C=O) groups excluding carboxylic acids is 2. The van der Waals surface area contributed by atoms with Gasteiger partial charge >= 0.3 is 0 Å². The first-order valence-electron chi connectivity index (χ1n) is 12.0. The first-order chi connectivity index (χ1) is 19.2. The summed E-state index contributed by atoms with van der Waals surface area (Å²) >= 11 is 7.50. The van der Waals surface area contributed by atoms with Crippen molar-refractivity contribution in [3.63, 3.8) is 0 Å². The number of ketones is 2. The Bertz CT molecular complexity index is 1670. The second-order valence-corrected chi connectivity index (χ2v) is 13.6. The van der Waals surface area contributed by atoms with Crippen molar-refractivity contribution in [3.05, 3.63) is 90.1 Å². The average Bonchev–Trinajstić information content (AvgIpc) is 3.13. The first kappa shape index (κ1) is 29.1. The SMILES string of the molecule is COc1cc(OC)c2c(c1)Sc1cc(I)ccc1CC2=O.O=C1Cc2ccc(I)cc2Sc2cc(O)cc(O)c21. The van der Waals surface area contributed by atoms with Gasteiger partial charge in [-0.1, -0.05) is 35.7 Å². The van der Waals surface area contributed by atoms with Crippen LogP contribution in [0.1, 0.15) is 31.8 Å². The fourth-order valence-electron chi connectivity index (χ4n) is 4.45. The fourth-order valence-corrected chi connectivity index (χ4v) is 8.23. The summed E-state index contributed by atoms with van der Waals surface area (Å²) in [6.45, 7) is 0. The summed E-state index contributed by atoms with van der Waals surface area (Å²) in [5.41, 5.74) is 2.96. The number of fused-ring (bicyclic) bond motifs is 4. The molecule has 6 nitrogen and oxygen atoms in total. The molecule has 2 heterocycles. The van der Waals surface area contributed by atoms with Crippen LogP contribution in [0.2, 0.25) is 0 Å². The number of methoxy groups -OCH3 is 2. The summed E-state index contributed by atoms with van der Waals surface area (Å²) in [6, 6.07) is 18.4. The summed E-state index contributed by atoms with van der Waals surface area (Å²) in [7, 11) is 3.19. The zero-order valence-corrected chi connectivity index (χ0v) is 27.2. The molecule has 6 rings (SSSR count). The predicted octanol–water partition coefficient (Wildman–Crippen LogP) is 7.79. The van der Waals surface area contributed by atoms with Crippen LogP contribution in [-0.2, 0) is 12.8 Å². The van der Waals surface area contributed by atoms with Gasteiger partial charge in [0.05, 0.1) is 25.3 Å². The third-order valence-corrected chi connectivity index (χ3v) is 9.94. The van der Waals surface area contributed by atoms with E-state index in [1.807, 2.05) is 36.4 Å². The number of phenolic OH excluding ortho intramolecular Hbond substituents is 2. The number of ether oxygens (including phenoxy) is 2. The van der Waals surface area contributed by atoms with Gasteiger partial charge in [-0.05, 0) is 92.7 Å². The van der Waals surface area contributed by atoms with Crippen molar-refractivity contribution >= 4 is 80.3 Å². The molecule has 2 N–H and O–H groups in total. The molecule has 0 atom stereocenters. The Morgan fingerprint density at radius 2 is 1.23 bits per heavy atom. The molecule has 0 radical (unpaired) electrons. The number of hydrogen-bond donors (Lipinski definition) is 2. The standard InChI is InChI=1S/C16H13IO3S.C14H9IO3S/c1-19-11-7-13(20-2)16-12(18)5-9-3-4-10(17)6-14(9)21-15(16)8-11;15-8-2-1-7-3-10(17)14-11(18)5-9(16)6-13(14)19-12(7)4-8/h3-4,6-8H,5H2,1-2H3;1-2,4-6,16,18H,3H2. The van der Waals surface area contributed by atoms with Crippen molar-refractivity contribution in [3.8, 4) is 23.0 Å². The van der Waals surface area contributed by atoms with E-state index in [1.54, 1.807) is 32.0 Å². The molecule has 0 spiro atoms. The topological polar surface area (TPSA) is 93.1 Å². The molecule has 0 unspecified atom stereocenters. The molecule has 0 saturated carbocycles. The first-order valence-corrected chi connectivity index (χ1v) is 15.8. The largest absolute Gasteiger partial charge is 0.508 e. The van der Waals surface area contributed by atoms with E-state index in [2.05, 4.69) is 51.2 Å². The highest BCUT2D eigenvalue weighted by Crippen LogP contribution is 2.44. The van der Waals surface area contributed by atoms with Crippen molar-refractivity contribution < 1.29 is 29.3 Å². The van der Waals surface area contributed by atoms with Gasteiger partial charge in [-0.2, -0.15) is 0 Å². The predicted molar refractivity (Wildman–Crippen MR) is 172 cm³/mol. The van der Waals surface area contributed by atoms with Crippen LogP contribution < -0.4 is 9.47 Å². The smallest absolute Gasteiger partial charge is 0.172 e. The van der Waals surface area contributed by atoms with Crippen molar-refractivity contribution in [1.82, 2.24) is 0 Å². The zero-order chi connectivity index (χ0) is 28.6. The van der Waals surface area contributed by atoms with Crippen LogP contribution in [0.5, 0.6) is 23.0 Å². The summed E-state index contributed by atoms with van der Waals surface area (Å²) in [4.78, 5) is 28.4. The molecule has 40 heavy (non-hydrogen) atoms. The Balaban J connectivity index is 0.000000162. The van der Waals surface area contributed by atoms with Gasteiger partial charge in [0.15, 0.2) is 11.6 Å². The number of rotatable bonds is 2. The lowest BCUT2D eigenvalue weighted by Crippen LogP contribution is -2.06. The van der Waals surface area contributed by atoms with E-state index in [4.69, 9.17) is 9.47 Å². The van der Waals surface area contributed by atoms with Crippen molar-refractivity contribution in [2.75, 3.05) is 14.2 Å². The van der Waals surface area contributed by atoms with E-state index in [-0.39, 0.29) is 29.5 Å². The normalized spacial score (nSPS) is 13.4. The maximum Gasteiger partial charge on any atom is 0.172 e. The van der Waals surface area contributed by atoms with Crippen molar-refractivity contribution in [2.24, 2.45) is 0 Å². The lowest BCUT2D eigenvalue weighted by molar-refractivity contribution is 0.0978. The number of carbonyl (C=O) groups is 2. The summed E-state index contributed by atoms with van der Waals surface area (Å²) < 4.78 is 12.9. The Morgan fingerprint density at radius 1 is 0.675 bits per heavy atom. The maximum atomic E-state index is 12.6. The zero-order valence-electron chi connectivity index (χ0n) is 21.3. The number of hydrogen-bond acceptors (Lipinski definition) is 8. The number of benzene rings is 4. The molecule has 0 bridgehead atoms. The van der Waals surface area contributed by atoms with E-state index in [1.165, 1.54) is 23.9 Å². The van der Waals surface area contributed by atoms with Crippen LogP contribution in [0.15, 0.2) is 80.2 Å². The van der Waals surface area contributed by atoms with Gasteiger partial charge in [0.1, 0.15) is 23.0 Å². The average molecular weight is 796 g/mol. The molecule has 0 amide bonds. The van der Waals surface area contributed by atoms with Crippen LogP contribution in [0.25, 0.3) is 0 Å². The van der Waals surface area contributed by atoms with E-state index < -0.39 is 0 Å². The highest BCUT2D eigenvalue weighted by Gasteiger charge is 2.26. The van der Waals surface area contributed by atoms with Crippen molar-refractivity contribution in [1.29, 1.82) is 0 Å². The Hall–Kier alpha value is -2.42. The van der Waals surface area contributed by atoms with Crippen LogP contribution in [0, 0.1) is 7.14 Å². The van der Waals surface area contributed by atoms with Crippen LogP contribution >= 0.6 is 68.7 Å². The van der Waals surface area contributed by atoms with Gasteiger partial charge in [-0.3, -0.25) is 9.59 Å². The monoisotopic (exact) mass is 796 g/mol. The van der Waals surface area contributed by atoms with Gasteiger partial charge in [-0.15, -0.1) is 0 Å². The Labute approximate surface area is 267 Å². The molecule has 0 saturated heterocycles. The van der Waals surface area contributed by atoms with Gasteiger partial charge in [0, 0.05) is 51.7 Å². The van der Waals surface area contributed by atoms with Gasteiger partial charge < -0.3 is 19.7 Å². The molecule has 0 fully saturated rings. The highest BCUT2D eigenvalue weighted by atomic mass is 127. The minimum atomic E-state index is -0.157. The minimum absolute atomic E-state index is 0.0365. The van der Waals surface area contributed by atoms with Crippen LogP contribution in [0.4, 0.5) is 0 Å². The van der Waals surface area contributed by atoms with Crippen molar-refractivity contribution in [2.45, 2.75) is 32.4 Å². The van der Waals surface area contributed by atoms with Crippen LogP contribution in [-0.4, -0.2) is 36.0 Å². The Kier molecular flexibility index (Phi) is 8.88. The van der Waals surface area contributed by atoms with Crippen LogP contribution in [0.3, 0.4) is 0 Å². The number of Topliss-reactive ketones (excluding diaryl/α,β-unsaturated/α-hetero) is 2. The number of phenols is 2. The molecule has 0 aromatic heterocycles. The molecule has 0 aliphatic carbocycles. The Morgan fingerprint density at radius 3 is 1.77 bits per heavy atom. The summed E-state index contributed by atoms with van der Waals surface area (Å²) in [5.74, 6) is 1.03. The van der Waals surface area contributed by atoms with E-state index >= 15 is 0 Å². The van der Waals surface area contributed by atoms with Gasteiger partial charge in [0.2, 0.25) is 0 Å². The van der Waals surface area contributed by atoms with E-state index in [0.29, 0.717) is 33.9 Å². The molecular weight excluding hydrogens is 774 g/mol. The minimum Gasteiger partial charge on any atom is -0.508 e. The third kappa shape index (κ3) is 6.09. The lowest BCUT2D eigenvalue weighted by Gasteiger charge is -2.12. The van der Waals surface area contributed by atoms with Gasteiger partial charge in [-0.25, -0.2) is 0 Å². The van der Waals surface area contributed by atoms with E-state index in [9.17, 15) is 19.8 Å². The third-order valence-electron chi connectivity index (χ3n) is 6.32. The molecule has 2 aliphatic heterocycles. The molecule has 4 aromatic carbocycles. The quantitative estimate of drug-likeness (QED) is 0.199. The number of halogens is 2. The van der Waals surface area contributed by atoms with Gasteiger partial charge in [0.25, 0.3) is 0 Å². The molecule has 10 heteroatoms. The number of aromatic hydroxyl groups is 2. The lowest BCUT2D eigenvalue weighted by atomic mass is 10.0. The fraction of sp³-hybridized carbons (Fsp3) is 0.133. The second-order valence-electron chi connectivity index (χ2n) is 8.95. The maximum absolute atomic E-state index is 12.6. The molecule has 4 aromatic rings. The van der Waals surface area contributed by atoms with E-state index in [0.717, 1.165) is 33.0 Å². The summed E-state index contributed by atoms with van der Waals surface area (Å²) in [5, 5.41) is 19.4. The molecule has 2 aliphatic rings. The second kappa shape index (κ2) is 12.2. The molecular formula is C30H22I2O6S2. The highest BCUT2D eigenvalue weighted by molar-refractivity contribution is 14.1. The molecule has 204 valence electrons.